The van der Waals surface area contributed by atoms with Crippen molar-refractivity contribution in [3.63, 3.8) is 0 Å². The fourth-order valence-corrected chi connectivity index (χ4v) is 0.588. The zero-order valence-corrected chi connectivity index (χ0v) is 8.63. The molecule has 0 unspecified atom stereocenters. The minimum atomic E-state index is 0. The van der Waals surface area contributed by atoms with Crippen molar-refractivity contribution < 1.29 is 37.5 Å². The van der Waals surface area contributed by atoms with E-state index in [-0.39, 0.29) is 32.7 Å². The number of benzene rings is 1. The van der Waals surface area contributed by atoms with Gasteiger partial charge in [0.05, 0.1) is 6.29 Å². The minimum Gasteiger partial charge on any atom is -0.312 e. The molecule has 0 saturated heterocycles. The van der Waals surface area contributed by atoms with E-state index in [0.29, 0.717) is 5.56 Å². The molecule has 0 aliphatic rings. The second-order valence-electron chi connectivity index (χ2n) is 1.92. The normalized spacial score (nSPS) is 8.10. The molecular weight excluding hydrogens is 201 g/mol. The largest absolute Gasteiger partial charge is 0.312 e. The Morgan fingerprint density at radius 3 is 2.60 bits per heavy atom. The average molecular weight is 208 g/mol. The number of hydrogen-bond acceptors (Lipinski definition) is 1. The van der Waals surface area contributed by atoms with Crippen LogP contribution in [0, 0.1) is 13.0 Å². The van der Waals surface area contributed by atoms with E-state index in [0.717, 1.165) is 11.8 Å². The molecule has 49 valence electrons. The molecule has 2 heteroatoms. The summed E-state index contributed by atoms with van der Waals surface area (Å²) in [7, 11) is 0. The molecule has 1 aromatic rings. The van der Waals surface area contributed by atoms with E-state index in [2.05, 4.69) is 6.07 Å². The van der Waals surface area contributed by atoms with Crippen molar-refractivity contribution in [2.75, 3.05) is 0 Å². The number of carbonyl (C=O) groups is 1. The van der Waals surface area contributed by atoms with Crippen molar-refractivity contribution >= 4 is 6.29 Å². The molecule has 0 heterocycles. The first-order valence-electron chi connectivity index (χ1n) is 2.76. The Morgan fingerprint density at radius 2 is 2.20 bits per heavy atom. The van der Waals surface area contributed by atoms with Gasteiger partial charge in [-0.25, -0.2) is 0 Å². The minimum absolute atomic E-state index is 0. The Kier molecular flexibility index (Phi) is 4.75. The van der Waals surface area contributed by atoms with Crippen LogP contribution in [0.3, 0.4) is 0 Å². The van der Waals surface area contributed by atoms with Crippen LogP contribution < -0.4 is 0 Å². The summed E-state index contributed by atoms with van der Waals surface area (Å²) in [4.78, 5) is 10.1. The van der Waals surface area contributed by atoms with Crippen LogP contribution in [0.2, 0.25) is 0 Å². The van der Waals surface area contributed by atoms with Crippen molar-refractivity contribution in [2.24, 2.45) is 0 Å². The number of hydrogen-bond donors (Lipinski definition) is 0. The van der Waals surface area contributed by atoms with Gasteiger partial charge in [-0.1, -0.05) is 12.5 Å². The van der Waals surface area contributed by atoms with E-state index in [1.807, 2.05) is 13.0 Å². The van der Waals surface area contributed by atoms with Crippen molar-refractivity contribution in [1.82, 2.24) is 0 Å². The van der Waals surface area contributed by atoms with Crippen molar-refractivity contribution in [3.05, 3.63) is 35.4 Å². The van der Waals surface area contributed by atoms with Gasteiger partial charge in [-0.2, -0.15) is 29.8 Å². The van der Waals surface area contributed by atoms with Crippen molar-refractivity contribution in [3.8, 4) is 0 Å². The second-order valence-corrected chi connectivity index (χ2v) is 1.92. The summed E-state index contributed by atoms with van der Waals surface area (Å²) in [5.74, 6) is 0. The van der Waals surface area contributed by atoms with Crippen LogP contribution in [0.5, 0.6) is 0 Å². The molecule has 0 aliphatic heterocycles. The Balaban J connectivity index is 0.000000810. The molecule has 0 N–H and O–H groups in total. The van der Waals surface area contributed by atoms with Crippen LogP contribution in [-0.4, -0.2) is 6.29 Å². The first-order chi connectivity index (χ1) is 4.33. The summed E-state index contributed by atoms with van der Waals surface area (Å²) < 4.78 is 0. The fraction of sp³-hybridized carbons (Fsp3) is 0.125. The summed E-state index contributed by atoms with van der Waals surface area (Å²) in [6.45, 7) is 1.94. The molecule has 1 nitrogen and oxygen atoms in total. The molecule has 10 heavy (non-hydrogen) atoms. The Morgan fingerprint density at radius 1 is 1.50 bits per heavy atom. The van der Waals surface area contributed by atoms with Crippen LogP contribution in [-0.2, 0) is 32.7 Å². The van der Waals surface area contributed by atoms with E-state index in [1.165, 1.54) is 0 Å². The summed E-state index contributed by atoms with van der Waals surface area (Å²) >= 11 is 0. The Bertz CT molecular complexity index is 203. The smallest absolute Gasteiger partial charge is 0.0950 e. The molecule has 0 aromatic heterocycles. The fourth-order valence-electron chi connectivity index (χ4n) is 0.588. The summed E-state index contributed by atoms with van der Waals surface area (Å²) in [5.41, 5.74) is 1.74. The monoisotopic (exact) mass is 208 g/mol. The van der Waals surface area contributed by atoms with E-state index in [4.69, 9.17) is 0 Å². The Hall–Kier alpha value is -0.00610. The van der Waals surface area contributed by atoms with Gasteiger partial charge in [0.1, 0.15) is 0 Å². The van der Waals surface area contributed by atoms with Crippen molar-refractivity contribution in [2.45, 2.75) is 6.92 Å². The standard InChI is InChI=1S/C8H7O.Y/c1-7-2-4-8(6-9)5-3-7;/h2,4-6H,1H3;/q-1;. The van der Waals surface area contributed by atoms with Crippen LogP contribution in [0.4, 0.5) is 0 Å². The van der Waals surface area contributed by atoms with E-state index < -0.39 is 0 Å². The number of carbonyl (C=O) groups excluding carboxylic acids is 1. The predicted molar refractivity (Wildman–Crippen MR) is 35.4 cm³/mol. The molecular formula is C8H7OY-. The number of rotatable bonds is 1. The summed E-state index contributed by atoms with van der Waals surface area (Å²) in [6, 6.07) is 8.24. The van der Waals surface area contributed by atoms with Crippen LogP contribution in [0.15, 0.2) is 18.2 Å². The molecule has 0 aliphatic carbocycles. The van der Waals surface area contributed by atoms with E-state index in [1.54, 1.807) is 12.1 Å². The van der Waals surface area contributed by atoms with Gasteiger partial charge < -0.3 is 4.79 Å². The van der Waals surface area contributed by atoms with Crippen molar-refractivity contribution in [1.29, 1.82) is 0 Å². The molecule has 0 saturated carbocycles. The first kappa shape index (κ1) is 9.99. The zero-order chi connectivity index (χ0) is 6.69. The first-order valence-corrected chi connectivity index (χ1v) is 2.76. The van der Waals surface area contributed by atoms with Gasteiger partial charge in [0.25, 0.3) is 0 Å². The van der Waals surface area contributed by atoms with Crippen LogP contribution in [0.25, 0.3) is 0 Å². The van der Waals surface area contributed by atoms with Crippen LogP contribution in [0.1, 0.15) is 15.9 Å². The SMILES string of the molecule is Cc1[c-]cc(C=O)cc1.[Y]. The zero-order valence-electron chi connectivity index (χ0n) is 5.79. The number of aldehydes is 1. The van der Waals surface area contributed by atoms with Gasteiger partial charge in [-0.15, -0.1) is 0 Å². The molecule has 1 rings (SSSR count). The maximum absolute atomic E-state index is 10.1. The maximum Gasteiger partial charge on any atom is 0.0950 e. The van der Waals surface area contributed by atoms with Gasteiger partial charge in [-0.05, 0) is 0 Å². The summed E-state index contributed by atoms with van der Waals surface area (Å²) in [6.07, 6.45) is 0.815. The van der Waals surface area contributed by atoms with Gasteiger partial charge >= 0.3 is 0 Å². The summed E-state index contributed by atoms with van der Waals surface area (Å²) in [5, 5.41) is 0. The molecule has 0 amide bonds. The molecule has 0 atom stereocenters. The molecule has 0 spiro atoms. The van der Waals surface area contributed by atoms with E-state index >= 15 is 0 Å². The molecule has 0 fully saturated rings. The van der Waals surface area contributed by atoms with E-state index in [9.17, 15) is 4.79 Å². The molecule has 0 bridgehead atoms. The third kappa shape index (κ3) is 2.72. The topological polar surface area (TPSA) is 17.1 Å². The Labute approximate surface area is 85.7 Å². The van der Waals surface area contributed by atoms with Gasteiger partial charge in [0.15, 0.2) is 0 Å². The van der Waals surface area contributed by atoms with Gasteiger partial charge in [-0.3, -0.25) is 0 Å². The quantitative estimate of drug-likeness (QED) is 0.506. The maximum atomic E-state index is 10.1. The molecule has 1 aromatic carbocycles. The van der Waals surface area contributed by atoms with Crippen LogP contribution >= 0.6 is 0 Å². The third-order valence-electron chi connectivity index (χ3n) is 1.13. The predicted octanol–water partition coefficient (Wildman–Crippen LogP) is 1.61. The third-order valence-corrected chi connectivity index (χ3v) is 1.13. The average Bonchev–Trinajstić information content (AvgIpc) is 1.90. The second kappa shape index (κ2) is 4.76. The molecule has 1 radical (unpaired) electrons. The number of aryl methyl sites for hydroxylation is 1. The van der Waals surface area contributed by atoms with Gasteiger partial charge in [0.2, 0.25) is 0 Å². The van der Waals surface area contributed by atoms with Gasteiger partial charge in [0, 0.05) is 32.7 Å².